The van der Waals surface area contributed by atoms with Crippen LogP contribution >= 0.6 is 0 Å². The number of nitrogens with one attached hydrogen (secondary N) is 1. The van der Waals surface area contributed by atoms with E-state index >= 15 is 0 Å². The van der Waals surface area contributed by atoms with Crippen LogP contribution in [0.25, 0.3) is 0 Å². The van der Waals surface area contributed by atoms with Crippen LogP contribution < -0.4 is 5.32 Å². The number of hydrogen-bond acceptors (Lipinski definition) is 3. The van der Waals surface area contributed by atoms with Crippen LogP contribution in [0.5, 0.6) is 0 Å². The zero-order valence-corrected chi connectivity index (χ0v) is 13.1. The summed E-state index contributed by atoms with van der Waals surface area (Å²) in [6.07, 6.45) is 2.19. The topological polar surface area (TPSA) is 66.5 Å². The van der Waals surface area contributed by atoms with Crippen molar-refractivity contribution >= 4 is 22.6 Å². The minimum absolute atomic E-state index is 0.0366. The summed E-state index contributed by atoms with van der Waals surface area (Å²) in [4.78, 5) is 26.3. The van der Waals surface area contributed by atoms with Crippen molar-refractivity contribution in [3.05, 3.63) is 0 Å². The second kappa shape index (κ2) is 6.50. The van der Waals surface area contributed by atoms with Crippen molar-refractivity contribution in [1.82, 2.24) is 10.2 Å². The third-order valence-corrected chi connectivity index (χ3v) is 4.38. The summed E-state index contributed by atoms with van der Waals surface area (Å²) in [5.41, 5.74) is 0. The fourth-order valence-corrected chi connectivity index (χ4v) is 3.41. The average Bonchev–Trinajstić information content (AvgIpc) is 2.29. The molecule has 110 valence electrons. The molecule has 4 atom stereocenters. The van der Waals surface area contributed by atoms with Crippen LogP contribution in [0.2, 0.25) is 0 Å². The summed E-state index contributed by atoms with van der Waals surface area (Å²) in [6, 6.07) is -1.10. The molecule has 6 heteroatoms. The third kappa shape index (κ3) is 3.55. The van der Waals surface area contributed by atoms with Crippen LogP contribution in [0.15, 0.2) is 0 Å². The Hall–Kier alpha value is -0.910. The van der Waals surface area contributed by atoms with Gasteiger partial charge < -0.3 is 10.2 Å². The first-order chi connectivity index (χ1) is 8.79. The summed E-state index contributed by atoms with van der Waals surface area (Å²) < 4.78 is 11.4. The van der Waals surface area contributed by atoms with Crippen LogP contribution in [0, 0.1) is 5.92 Å². The Morgan fingerprint density at radius 3 is 2.32 bits per heavy atom. The van der Waals surface area contributed by atoms with Gasteiger partial charge in [-0.05, 0) is 19.3 Å². The smallest absolute Gasteiger partial charge is 0.246 e. The first-order valence-electron chi connectivity index (χ1n) is 6.72. The monoisotopic (exact) mass is 288 g/mol. The maximum atomic E-state index is 12.5. The summed E-state index contributed by atoms with van der Waals surface area (Å²) in [5.74, 6) is 0.280. The average molecular weight is 288 g/mol. The van der Waals surface area contributed by atoms with Crippen molar-refractivity contribution in [1.29, 1.82) is 0 Å². The molecule has 1 heterocycles. The highest BCUT2D eigenvalue weighted by Gasteiger charge is 2.43. The Balaban J connectivity index is 3.05. The highest BCUT2D eigenvalue weighted by Crippen LogP contribution is 2.21. The molecule has 5 nitrogen and oxygen atoms in total. The number of carbonyl (C=O) groups excluding carboxylic acids is 2. The Morgan fingerprint density at radius 1 is 1.32 bits per heavy atom. The van der Waals surface area contributed by atoms with Crippen LogP contribution in [-0.2, 0) is 20.4 Å². The Kier molecular flexibility index (Phi) is 5.52. The molecule has 19 heavy (non-hydrogen) atoms. The van der Waals surface area contributed by atoms with Crippen molar-refractivity contribution in [3.8, 4) is 0 Å². The number of carbonyl (C=O) groups is 2. The SMILES string of the molecule is CCC1NC(=O)C(C(C)C)N(C(C)CS(C)=O)C1=O. The molecular weight excluding hydrogens is 264 g/mol. The zero-order valence-electron chi connectivity index (χ0n) is 12.3. The lowest BCUT2D eigenvalue weighted by molar-refractivity contribution is -0.153. The van der Waals surface area contributed by atoms with Gasteiger partial charge in [0.1, 0.15) is 12.1 Å². The largest absolute Gasteiger partial charge is 0.343 e. The quantitative estimate of drug-likeness (QED) is 0.802. The summed E-state index contributed by atoms with van der Waals surface area (Å²) in [7, 11) is -0.990. The lowest BCUT2D eigenvalue weighted by Crippen LogP contribution is -2.67. The number of rotatable bonds is 5. The second-order valence-corrected chi connectivity index (χ2v) is 6.97. The van der Waals surface area contributed by atoms with E-state index in [0.29, 0.717) is 12.2 Å². The van der Waals surface area contributed by atoms with E-state index in [-0.39, 0.29) is 23.8 Å². The molecule has 1 rings (SSSR count). The minimum Gasteiger partial charge on any atom is -0.343 e. The molecular formula is C13H24N2O3S. The van der Waals surface area contributed by atoms with Crippen molar-refractivity contribution in [2.24, 2.45) is 5.92 Å². The minimum atomic E-state index is -0.990. The van der Waals surface area contributed by atoms with E-state index < -0.39 is 22.9 Å². The first-order valence-corrected chi connectivity index (χ1v) is 8.44. The van der Waals surface area contributed by atoms with Crippen LogP contribution in [0.1, 0.15) is 34.1 Å². The molecule has 0 aliphatic carbocycles. The van der Waals surface area contributed by atoms with Gasteiger partial charge >= 0.3 is 0 Å². The first kappa shape index (κ1) is 16.1. The van der Waals surface area contributed by atoms with Gasteiger partial charge in [-0.15, -0.1) is 0 Å². The second-order valence-electron chi connectivity index (χ2n) is 5.49. The van der Waals surface area contributed by atoms with Crippen molar-refractivity contribution < 1.29 is 13.8 Å². The highest BCUT2D eigenvalue weighted by atomic mass is 32.2. The van der Waals surface area contributed by atoms with Gasteiger partial charge in [0.15, 0.2) is 0 Å². The van der Waals surface area contributed by atoms with E-state index in [2.05, 4.69) is 5.32 Å². The van der Waals surface area contributed by atoms with Crippen molar-refractivity contribution in [2.75, 3.05) is 12.0 Å². The van der Waals surface area contributed by atoms with Gasteiger partial charge in [-0.3, -0.25) is 13.8 Å². The Labute approximate surface area is 117 Å². The predicted molar refractivity (Wildman–Crippen MR) is 76.1 cm³/mol. The van der Waals surface area contributed by atoms with E-state index in [4.69, 9.17) is 0 Å². The lowest BCUT2D eigenvalue weighted by Gasteiger charge is -2.43. The fraction of sp³-hybridized carbons (Fsp3) is 0.846. The van der Waals surface area contributed by atoms with E-state index in [1.165, 1.54) is 0 Å². The van der Waals surface area contributed by atoms with E-state index in [9.17, 15) is 13.8 Å². The van der Waals surface area contributed by atoms with E-state index in [0.717, 1.165) is 0 Å². The number of piperazine rings is 1. The molecule has 0 radical (unpaired) electrons. The van der Waals surface area contributed by atoms with Crippen molar-refractivity contribution in [3.63, 3.8) is 0 Å². The molecule has 1 N–H and O–H groups in total. The molecule has 1 saturated heterocycles. The Morgan fingerprint density at radius 2 is 1.89 bits per heavy atom. The van der Waals surface area contributed by atoms with Gasteiger partial charge in [-0.1, -0.05) is 20.8 Å². The zero-order chi connectivity index (χ0) is 14.7. The van der Waals surface area contributed by atoms with Gasteiger partial charge in [0.2, 0.25) is 11.8 Å². The summed E-state index contributed by atoms with van der Waals surface area (Å²) in [6.45, 7) is 7.58. The standard InChI is InChI=1S/C13H24N2O3S/c1-6-10-13(17)15(9(4)7-19(5)18)11(8(2)3)12(16)14-10/h8-11H,6-7H2,1-5H3,(H,14,16). The maximum absolute atomic E-state index is 12.5. The van der Waals surface area contributed by atoms with Gasteiger partial charge in [0.05, 0.1) is 0 Å². The van der Waals surface area contributed by atoms with Gasteiger partial charge in [0, 0.05) is 28.9 Å². The Bertz CT molecular complexity index is 384. The van der Waals surface area contributed by atoms with E-state index in [1.807, 2.05) is 27.7 Å². The number of nitrogens with zero attached hydrogens (tertiary/aromatic N) is 1. The highest BCUT2D eigenvalue weighted by molar-refractivity contribution is 7.84. The number of hydrogen-bond donors (Lipinski definition) is 1. The van der Waals surface area contributed by atoms with Crippen molar-refractivity contribution in [2.45, 2.75) is 52.2 Å². The molecule has 0 aromatic heterocycles. The normalized spacial score (nSPS) is 27.4. The molecule has 0 spiro atoms. The van der Waals surface area contributed by atoms with E-state index in [1.54, 1.807) is 11.2 Å². The van der Waals surface area contributed by atoms with Gasteiger partial charge in [0.25, 0.3) is 0 Å². The summed E-state index contributed by atoms with van der Waals surface area (Å²) in [5, 5.41) is 2.78. The predicted octanol–water partition coefficient (Wildman–Crippen LogP) is 0.515. The fourth-order valence-electron chi connectivity index (χ4n) is 2.57. The molecule has 1 aliphatic heterocycles. The van der Waals surface area contributed by atoms with Crippen LogP contribution in [-0.4, -0.2) is 51.1 Å². The third-order valence-electron chi connectivity index (χ3n) is 3.43. The maximum Gasteiger partial charge on any atom is 0.246 e. The molecule has 0 aromatic rings. The van der Waals surface area contributed by atoms with Gasteiger partial charge in [-0.2, -0.15) is 0 Å². The van der Waals surface area contributed by atoms with Crippen LogP contribution in [0.4, 0.5) is 0 Å². The molecule has 4 unspecified atom stereocenters. The molecule has 1 aliphatic rings. The number of amides is 2. The molecule has 0 bridgehead atoms. The molecule has 0 saturated carbocycles. The van der Waals surface area contributed by atoms with Gasteiger partial charge in [-0.25, -0.2) is 0 Å². The lowest BCUT2D eigenvalue weighted by atomic mass is 9.95. The molecule has 1 fully saturated rings. The van der Waals surface area contributed by atoms with Crippen LogP contribution in [0.3, 0.4) is 0 Å². The molecule has 0 aromatic carbocycles. The summed E-state index contributed by atoms with van der Waals surface area (Å²) >= 11 is 0. The molecule has 2 amide bonds.